The molecule has 0 fully saturated rings. The Morgan fingerprint density at radius 1 is 1.31 bits per heavy atom. The van der Waals surface area contributed by atoms with Gasteiger partial charge in [-0.05, 0) is 10.4 Å². The van der Waals surface area contributed by atoms with Gasteiger partial charge in [-0.25, -0.2) is 4.98 Å². The van der Waals surface area contributed by atoms with Crippen molar-refractivity contribution in [3.8, 4) is 5.82 Å². The summed E-state index contributed by atoms with van der Waals surface area (Å²) in [6.07, 6.45) is 4.61. The van der Waals surface area contributed by atoms with E-state index in [1.807, 2.05) is 0 Å². The molecule has 2 N–H and O–H groups in total. The van der Waals surface area contributed by atoms with E-state index in [2.05, 4.69) is 25.5 Å². The first-order chi connectivity index (χ1) is 6.40. The van der Waals surface area contributed by atoms with E-state index in [-0.39, 0.29) is 0 Å². The third-order valence-electron chi connectivity index (χ3n) is 1.48. The number of tetrazole rings is 1. The highest BCUT2D eigenvalue weighted by Crippen LogP contribution is 1.97. The molecule has 2 aromatic heterocycles. The van der Waals surface area contributed by atoms with Crippen LogP contribution in [0.3, 0.4) is 0 Å². The number of nitrogens with two attached hydrogens (primary N) is 1. The minimum Gasteiger partial charge on any atom is -0.325 e. The van der Waals surface area contributed by atoms with Crippen LogP contribution in [0.2, 0.25) is 0 Å². The maximum atomic E-state index is 5.37. The molecular formula is C6H7N7. The zero-order chi connectivity index (χ0) is 9.10. The molecule has 7 heteroatoms. The molecule has 13 heavy (non-hydrogen) atoms. The average molecular weight is 177 g/mol. The van der Waals surface area contributed by atoms with Crippen LogP contribution in [0.25, 0.3) is 5.82 Å². The third kappa shape index (κ3) is 1.49. The molecule has 2 heterocycles. The first-order valence-corrected chi connectivity index (χ1v) is 3.64. The van der Waals surface area contributed by atoms with Crippen molar-refractivity contribution in [3.63, 3.8) is 0 Å². The molecule has 0 radical (unpaired) electrons. The molecule has 0 bridgehead atoms. The van der Waals surface area contributed by atoms with Crippen molar-refractivity contribution < 1.29 is 0 Å². The number of hydrogen-bond donors (Lipinski definition) is 1. The highest BCUT2D eigenvalue weighted by Gasteiger charge is 1.99. The summed E-state index contributed by atoms with van der Waals surface area (Å²) in [4.78, 5) is 8.12. The lowest BCUT2D eigenvalue weighted by molar-refractivity contribution is 0.762. The van der Waals surface area contributed by atoms with Crippen LogP contribution in [0.15, 0.2) is 18.7 Å². The molecule has 2 aromatic rings. The molecule has 7 nitrogen and oxygen atoms in total. The van der Waals surface area contributed by atoms with Gasteiger partial charge in [-0.1, -0.05) is 0 Å². The maximum absolute atomic E-state index is 5.37. The summed E-state index contributed by atoms with van der Waals surface area (Å²) in [5, 5.41) is 10.6. The van der Waals surface area contributed by atoms with Crippen LogP contribution in [-0.4, -0.2) is 30.2 Å². The smallest absolute Gasteiger partial charge is 0.175 e. The van der Waals surface area contributed by atoms with Gasteiger partial charge in [0.05, 0.1) is 18.1 Å². The van der Waals surface area contributed by atoms with Crippen LogP contribution in [0.4, 0.5) is 0 Å². The first-order valence-electron chi connectivity index (χ1n) is 3.64. The second-order valence-corrected chi connectivity index (χ2v) is 2.32. The molecule has 0 amide bonds. The van der Waals surface area contributed by atoms with E-state index in [1.54, 1.807) is 12.4 Å². The number of nitrogens with zero attached hydrogens (tertiary/aromatic N) is 6. The van der Waals surface area contributed by atoms with Crippen molar-refractivity contribution in [2.75, 3.05) is 0 Å². The van der Waals surface area contributed by atoms with Crippen molar-refractivity contribution >= 4 is 0 Å². The molecule has 66 valence electrons. The fourth-order valence-corrected chi connectivity index (χ4v) is 0.838. The minimum atomic E-state index is 0.378. The summed E-state index contributed by atoms with van der Waals surface area (Å²) >= 11 is 0. The van der Waals surface area contributed by atoms with E-state index < -0.39 is 0 Å². The van der Waals surface area contributed by atoms with Gasteiger partial charge >= 0.3 is 0 Å². The van der Waals surface area contributed by atoms with Gasteiger partial charge in [0.15, 0.2) is 5.82 Å². The lowest BCUT2D eigenvalue weighted by atomic mass is 10.4. The molecule has 0 unspecified atom stereocenters. The van der Waals surface area contributed by atoms with Crippen LogP contribution in [-0.2, 0) is 6.54 Å². The van der Waals surface area contributed by atoms with Crippen molar-refractivity contribution in [1.82, 2.24) is 30.2 Å². The Balaban J connectivity index is 2.33. The van der Waals surface area contributed by atoms with E-state index in [9.17, 15) is 0 Å². The molecular weight excluding hydrogens is 170 g/mol. The molecule has 0 aliphatic rings. The molecule has 0 saturated carbocycles. The van der Waals surface area contributed by atoms with E-state index in [1.165, 1.54) is 11.0 Å². The van der Waals surface area contributed by atoms with Gasteiger partial charge in [-0.2, -0.15) is 4.68 Å². The summed E-state index contributed by atoms with van der Waals surface area (Å²) in [7, 11) is 0. The predicted octanol–water partition coefficient (Wildman–Crippen LogP) is -1.09. The molecule has 0 aliphatic carbocycles. The minimum absolute atomic E-state index is 0.378. The van der Waals surface area contributed by atoms with Crippen molar-refractivity contribution in [2.24, 2.45) is 5.73 Å². The Labute approximate surface area is 73.6 Å². The maximum Gasteiger partial charge on any atom is 0.175 e. The van der Waals surface area contributed by atoms with Crippen LogP contribution >= 0.6 is 0 Å². The normalized spacial score (nSPS) is 10.2. The summed E-state index contributed by atoms with van der Waals surface area (Å²) in [6, 6.07) is 0. The highest BCUT2D eigenvalue weighted by atomic mass is 15.5. The summed E-state index contributed by atoms with van der Waals surface area (Å²) < 4.78 is 1.42. The summed E-state index contributed by atoms with van der Waals surface area (Å²) in [6.45, 7) is 0.378. The number of hydrogen-bond acceptors (Lipinski definition) is 6. The van der Waals surface area contributed by atoms with Crippen molar-refractivity contribution in [1.29, 1.82) is 0 Å². The Bertz CT molecular complexity index is 364. The van der Waals surface area contributed by atoms with Gasteiger partial charge in [0.2, 0.25) is 0 Å². The van der Waals surface area contributed by atoms with Gasteiger partial charge in [0, 0.05) is 6.54 Å². The monoisotopic (exact) mass is 177 g/mol. The van der Waals surface area contributed by atoms with Crippen LogP contribution in [0, 0.1) is 0 Å². The zero-order valence-corrected chi connectivity index (χ0v) is 6.70. The predicted molar refractivity (Wildman–Crippen MR) is 42.6 cm³/mol. The topological polar surface area (TPSA) is 95.4 Å². The van der Waals surface area contributed by atoms with Gasteiger partial charge < -0.3 is 5.73 Å². The van der Waals surface area contributed by atoms with Crippen molar-refractivity contribution in [3.05, 3.63) is 24.4 Å². The SMILES string of the molecule is NCc1cnc(-n2cnnn2)cn1. The fourth-order valence-electron chi connectivity index (χ4n) is 0.838. The van der Waals surface area contributed by atoms with E-state index in [0.717, 1.165) is 5.69 Å². The Morgan fingerprint density at radius 3 is 2.77 bits per heavy atom. The first kappa shape index (κ1) is 7.74. The molecule has 0 saturated heterocycles. The Morgan fingerprint density at radius 2 is 2.23 bits per heavy atom. The summed E-state index contributed by atoms with van der Waals surface area (Å²) in [5.41, 5.74) is 6.10. The van der Waals surface area contributed by atoms with Crippen LogP contribution in [0.5, 0.6) is 0 Å². The van der Waals surface area contributed by atoms with E-state index >= 15 is 0 Å². The summed E-state index contributed by atoms with van der Waals surface area (Å²) in [5.74, 6) is 0.571. The molecule has 0 atom stereocenters. The van der Waals surface area contributed by atoms with Gasteiger partial charge in [-0.3, -0.25) is 4.98 Å². The molecule has 0 aromatic carbocycles. The Hall–Kier alpha value is -1.89. The van der Waals surface area contributed by atoms with Gasteiger partial charge in [0.25, 0.3) is 0 Å². The van der Waals surface area contributed by atoms with Gasteiger partial charge in [0.1, 0.15) is 6.33 Å². The number of rotatable bonds is 2. The molecule has 2 rings (SSSR count). The van der Waals surface area contributed by atoms with E-state index in [4.69, 9.17) is 5.73 Å². The lowest BCUT2D eigenvalue weighted by Gasteiger charge is -1.97. The standard InChI is InChI=1S/C6H7N7/c7-1-5-2-9-6(3-8-5)13-4-10-11-12-13/h2-4H,1,7H2. The fraction of sp³-hybridized carbons (Fsp3) is 0.167. The second kappa shape index (κ2) is 3.23. The van der Waals surface area contributed by atoms with Crippen LogP contribution in [0.1, 0.15) is 5.69 Å². The Kier molecular flexibility index (Phi) is 1.93. The highest BCUT2D eigenvalue weighted by molar-refractivity contribution is 5.15. The average Bonchev–Trinajstić information content (AvgIpc) is 2.71. The lowest BCUT2D eigenvalue weighted by Crippen LogP contribution is -2.04. The van der Waals surface area contributed by atoms with E-state index in [0.29, 0.717) is 12.4 Å². The largest absolute Gasteiger partial charge is 0.325 e. The molecule has 0 spiro atoms. The second-order valence-electron chi connectivity index (χ2n) is 2.32. The van der Waals surface area contributed by atoms with Crippen molar-refractivity contribution in [2.45, 2.75) is 6.54 Å². The molecule has 0 aliphatic heterocycles. The zero-order valence-electron chi connectivity index (χ0n) is 6.70. The van der Waals surface area contributed by atoms with Crippen LogP contribution < -0.4 is 5.73 Å². The number of aromatic nitrogens is 6. The third-order valence-corrected chi connectivity index (χ3v) is 1.48. The van der Waals surface area contributed by atoms with Gasteiger partial charge in [-0.15, -0.1) is 5.10 Å². The quantitative estimate of drug-likeness (QED) is 0.626.